The van der Waals surface area contributed by atoms with Gasteiger partial charge in [-0.2, -0.15) is 0 Å². The third-order valence-corrected chi connectivity index (χ3v) is 5.78. The maximum Gasteiger partial charge on any atom is 0.340 e. The number of benzene rings is 2. The van der Waals surface area contributed by atoms with Crippen LogP contribution in [0.3, 0.4) is 0 Å². The van der Waals surface area contributed by atoms with E-state index >= 15 is 0 Å². The summed E-state index contributed by atoms with van der Waals surface area (Å²) in [6, 6.07) is 12.1. The molecule has 0 spiro atoms. The van der Waals surface area contributed by atoms with Crippen molar-refractivity contribution in [3.8, 4) is 11.5 Å². The van der Waals surface area contributed by atoms with Crippen molar-refractivity contribution >= 4 is 27.6 Å². The third kappa shape index (κ3) is 8.05. The summed E-state index contributed by atoms with van der Waals surface area (Å²) in [5, 5.41) is 2.85. The number of methoxy groups -OCH3 is 1. The summed E-state index contributed by atoms with van der Waals surface area (Å²) in [5.74, 6) is 1.05. The second-order valence-corrected chi connectivity index (χ2v) is 12.4. The molecule has 31 heavy (non-hydrogen) atoms. The Morgan fingerprint density at radius 1 is 1.03 bits per heavy atom. The van der Waals surface area contributed by atoms with Crippen LogP contribution >= 0.6 is 10.0 Å². The molecule has 0 saturated carbocycles. The number of ether oxygens (including phenoxy) is 3. The number of carbonyl (C=O) groups is 2. The number of esters is 1. The van der Waals surface area contributed by atoms with Gasteiger partial charge in [0, 0.05) is 30.0 Å². The van der Waals surface area contributed by atoms with Gasteiger partial charge in [-0.3, -0.25) is 4.79 Å². The van der Waals surface area contributed by atoms with Crippen LogP contribution in [0.4, 0.5) is 5.69 Å². The number of hydrogen-bond acceptors (Lipinski definition) is 6. The zero-order chi connectivity index (χ0) is 22.9. The van der Waals surface area contributed by atoms with Gasteiger partial charge in [-0.05, 0) is 37.3 Å². The monoisotopic (exact) mass is 448 g/mol. The Morgan fingerprint density at radius 3 is 2.39 bits per heavy atom. The van der Waals surface area contributed by atoms with E-state index in [1.165, 1.54) is 7.11 Å². The number of nitrogen functional groups attached to an aromatic ring is 1. The number of rotatable bonds is 11. The van der Waals surface area contributed by atoms with Crippen LogP contribution in [0, 0.1) is 0 Å². The Hall–Kier alpha value is -2.87. The number of anilines is 1. The largest absolute Gasteiger partial charge is 0.493 e. The Bertz CT molecular complexity index is 882. The topological polar surface area (TPSA) is 99.9 Å². The van der Waals surface area contributed by atoms with Crippen LogP contribution in [0.25, 0.3) is 0 Å². The molecule has 0 saturated heterocycles. The van der Waals surface area contributed by atoms with E-state index in [4.69, 9.17) is 19.9 Å². The molecule has 170 valence electrons. The van der Waals surface area contributed by atoms with E-state index in [0.29, 0.717) is 43.2 Å². The van der Waals surface area contributed by atoms with Gasteiger partial charge >= 0.3 is 5.97 Å². The van der Waals surface area contributed by atoms with E-state index in [1.807, 2.05) is 18.2 Å². The van der Waals surface area contributed by atoms with E-state index in [9.17, 15) is 9.59 Å². The van der Waals surface area contributed by atoms with Gasteiger partial charge in [0.15, 0.2) is 11.5 Å². The zero-order valence-electron chi connectivity index (χ0n) is 18.6. The highest BCUT2D eigenvalue weighted by Gasteiger charge is 2.17. The number of amides is 1. The molecule has 3 N–H and O–H groups in total. The summed E-state index contributed by atoms with van der Waals surface area (Å²) >= 11 is 0. The normalized spacial score (nSPS) is 11.5. The highest BCUT2D eigenvalue weighted by atomic mass is 32.3. The maximum absolute atomic E-state index is 12.5. The van der Waals surface area contributed by atoms with Crippen molar-refractivity contribution in [2.45, 2.75) is 6.42 Å². The lowest BCUT2D eigenvalue weighted by atomic mass is 10.1. The lowest BCUT2D eigenvalue weighted by Crippen LogP contribution is -2.25. The molecule has 2 aromatic rings. The molecule has 0 fully saturated rings. The standard InChI is InChI=1S/C23H32N2O5S/c1-28-20-16-19(24)18(23(27)30-13-14-31(2,3)4)15-21(20)29-12-8-11-25-22(26)17-9-6-5-7-10-17/h5-7,9-10,15-16H,8,11-14,24H2,1-4H3,(H,25,26). The first kappa shape index (κ1) is 24.4. The molecular weight excluding hydrogens is 416 g/mol. The number of nitrogens with two attached hydrogens (primary N) is 1. The van der Waals surface area contributed by atoms with E-state index < -0.39 is 16.0 Å². The Balaban J connectivity index is 1.90. The Morgan fingerprint density at radius 2 is 1.74 bits per heavy atom. The summed E-state index contributed by atoms with van der Waals surface area (Å²) in [6.45, 7) is 1.13. The number of nitrogens with one attached hydrogen (secondary N) is 1. The van der Waals surface area contributed by atoms with Crippen LogP contribution in [-0.4, -0.2) is 63.3 Å². The molecule has 2 aromatic carbocycles. The molecule has 1 amide bonds. The van der Waals surface area contributed by atoms with Crippen molar-refractivity contribution in [2.24, 2.45) is 0 Å². The molecule has 0 atom stereocenters. The first-order valence-electron chi connectivity index (χ1n) is 9.98. The molecule has 0 aliphatic heterocycles. The highest BCUT2D eigenvalue weighted by molar-refractivity contribution is 8.32. The van der Waals surface area contributed by atoms with Gasteiger partial charge < -0.3 is 25.3 Å². The molecule has 0 aliphatic carbocycles. The van der Waals surface area contributed by atoms with Gasteiger partial charge in [-0.25, -0.2) is 14.8 Å². The average molecular weight is 449 g/mol. The molecule has 2 rings (SSSR count). The van der Waals surface area contributed by atoms with Gasteiger partial charge in [0.2, 0.25) is 0 Å². The van der Waals surface area contributed by atoms with Gasteiger partial charge in [0.1, 0.15) is 0 Å². The van der Waals surface area contributed by atoms with Crippen LogP contribution < -0.4 is 20.5 Å². The first-order chi connectivity index (χ1) is 14.7. The molecule has 7 nitrogen and oxygen atoms in total. The lowest BCUT2D eigenvalue weighted by Gasteiger charge is -2.24. The minimum absolute atomic E-state index is 0.132. The fourth-order valence-corrected chi connectivity index (χ4v) is 3.22. The fraction of sp³-hybridized carbons (Fsp3) is 0.391. The third-order valence-electron chi connectivity index (χ3n) is 4.38. The molecule has 0 aromatic heterocycles. The number of carbonyl (C=O) groups excluding carboxylic acids is 2. The van der Waals surface area contributed by atoms with Crippen LogP contribution in [-0.2, 0) is 4.74 Å². The summed E-state index contributed by atoms with van der Waals surface area (Å²) in [7, 11) is 0.750. The van der Waals surface area contributed by atoms with Crippen LogP contribution in [0.2, 0.25) is 0 Å². The molecule has 0 aliphatic rings. The average Bonchev–Trinajstić information content (AvgIpc) is 2.73. The van der Waals surface area contributed by atoms with Crippen molar-refractivity contribution in [1.29, 1.82) is 0 Å². The van der Waals surface area contributed by atoms with Crippen molar-refractivity contribution in [1.82, 2.24) is 5.32 Å². The fourth-order valence-electron chi connectivity index (χ4n) is 2.63. The van der Waals surface area contributed by atoms with Gasteiger partial charge in [0.25, 0.3) is 5.91 Å². The molecular formula is C23H32N2O5S. The second kappa shape index (κ2) is 11.5. The smallest absolute Gasteiger partial charge is 0.340 e. The van der Waals surface area contributed by atoms with E-state index in [2.05, 4.69) is 24.1 Å². The summed E-state index contributed by atoms with van der Waals surface area (Å²) < 4.78 is 16.5. The predicted molar refractivity (Wildman–Crippen MR) is 127 cm³/mol. The van der Waals surface area contributed by atoms with Crippen molar-refractivity contribution in [3.05, 3.63) is 53.6 Å². The highest BCUT2D eigenvalue weighted by Crippen LogP contribution is 2.35. The van der Waals surface area contributed by atoms with E-state index in [0.717, 1.165) is 5.75 Å². The Kier molecular flexibility index (Phi) is 9.05. The van der Waals surface area contributed by atoms with Crippen LogP contribution in [0.5, 0.6) is 11.5 Å². The minimum Gasteiger partial charge on any atom is -0.493 e. The van der Waals surface area contributed by atoms with Crippen LogP contribution in [0.15, 0.2) is 42.5 Å². The molecule has 8 heteroatoms. The molecule has 0 bridgehead atoms. The maximum atomic E-state index is 12.5. The summed E-state index contributed by atoms with van der Waals surface area (Å²) in [5.41, 5.74) is 7.14. The van der Waals surface area contributed by atoms with E-state index in [1.54, 1.807) is 24.3 Å². The molecule has 0 radical (unpaired) electrons. The van der Waals surface area contributed by atoms with Gasteiger partial charge in [-0.15, -0.1) is 0 Å². The second-order valence-electron chi connectivity index (χ2n) is 7.85. The van der Waals surface area contributed by atoms with Gasteiger partial charge in [-0.1, -0.05) is 18.2 Å². The Labute approximate surface area is 185 Å². The quantitative estimate of drug-likeness (QED) is 0.311. The minimum atomic E-state index is -0.756. The summed E-state index contributed by atoms with van der Waals surface area (Å²) in [4.78, 5) is 24.5. The van der Waals surface area contributed by atoms with Gasteiger partial charge in [0.05, 0.1) is 31.6 Å². The van der Waals surface area contributed by atoms with Crippen molar-refractivity contribution in [2.75, 3.05) is 57.1 Å². The SMILES string of the molecule is COc1cc(N)c(C(=O)OCCS(C)(C)C)cc1OCCCNC(=O)c1ccccc1. The van der Waals surface area contributed by atoms with Crippen molar-refractivity contribution in [3.63, 3.8) is 0 Å². The van der Waals surface area contributed by atoms with Crippen LogP contribution in [0.1, 0.15) is 27.1 Å². The lowest BCUT2D eigenvalue weighted by molar-refractivity contribution is 0.0530. The zero-order valence-corrected chi connectivity index (χ0v) is 19.4. The molecule has 0 heterocycles. The summed E-state index contributed by atoms with van der Waals surface area (Å²) in [6.07, 6.45) is 7.07. The molecule has 0 unspecified atom stereocenters. The van der Waals surface area contributed by atoms with Crippen molar-refractivity contribution < 1.29 is 23.8 Å². The number of hydrogen-bond donors (Lipinski definition) is 2. The first-order valence-corrected chi connectivity index (χ1v) is 13.0. The predicted octanol–water partition coefficient (Wildman–Crippen LogP) is 3.33. The van der Waals surface area contributed by atoms with E-state index in [-0.39, 0.29) is 17.2 Å².